The maximum Gasteiger partial charge on any atom is 0.251 e. The molecule has 2 heterocycles. The highest BCUT2D eigenvalue weighted by Gasteiger charge is 2.40. The molecule has 0 saturated carbocycles. The van der Waals surface area contributed by atoms with Crippen LogP contribution in [-0.2, 0) is 14.6 Å². The van der Waals surface area contributed by atoms with E-state index in [0.29, 0.717) is 12.0 Å². The van der Waals surface area contributed by atoms with E-state index in [1.54, 1.807) is 13.0 Å². The third-order valence-corrected chi connectivity index (χ3v) is 5.75. The molecule has 2 aliphatic heterocycles. The number of para-hydroxylation sites is 1. The predicted octanol–water partition coefficient (Wildman–Crippen LogP) is 1.16. The van der Waals surface area contributed by atoms with Crippen molar-refractivity contribution in [3.8, 4) is 5.75 Å². The molecule has 1 atom stereocenters. The lowest BCUT2D eigenvalue weighted by Crippen LogP contribution is -2.48. The summed E-state index contributed by atoms with van der Waals surface area (Å²) in [6, 6.07) is 7.49. The van der Waals surface area contributed by atoms with Crippen LogP contribution in [0.1, 0.15) is 18.9 Å². The number of rotatable bonds is 2. The van der Waals surface area contributed by atoms with Gasteiger partial charge in [0.25, 0.3) is 5.91 Å². The molecule has 1 saturated heterocycles. The standard InChI is InChI=1S/C15H17NO4S/c1-15(6-7-21(18,19)10-15)16-14(17)12-8-11-4-2-3-5-13(11)20-9-12/h2-5,8H,6-7,9-10H2,1H3,(H,16,17)/t15-/m0/s1. The van der Waals surface area contributed by atoms with E-state index in [-0.39, 0.29) is 24.0 Å². The minimum absolute atomic E-state index is 0.00351. The molecule has 0 bridgehead atoms. The smallest absolute Gasteiger partial charge is 0.251 e. The van der Waals surface area contributed by atoms with Crippen molar-refractivity contribution >= 4 is 21.8 Å². The Morgan fingerprint density at radius 2 is 2.10 bits per heavy atom. The molecular formula is C15H17NO4S. The van der Waals surface area contributed by atoms with Crippen LogP contribution in [0, 0.1) is 0 Å². The Labute approximate surface area is 123 Å². The van der Waals surface area contributed by atoms with Crippen LogP contribution in [0.4, 0.5) is 0 Å². The van der Waals surface area contributed by atoms with E-state index in [9.17, 15) is 13.2 Å². The zero-order valence-corrected chi connectivity index (χ0v) is 12.6. The summed E-state index contributed by atoms with van der Waals surface area (Å²) >= 11 is 0. The van der Waals surface area contributed by atoms with Crippen LogP contribution in [0.3, 0.4) is 0 Å². The number of ether oxygens (including phenoxy) is 1. The summed E-state index contributed by atoms with van der Waals surface area (Å²) in [5.74, 6) is 0.617. The van der Waals surface area contributed by atoms with E-state index < -0.39 is 15.4 Å². The molecule has 0 unspecified atom stereocenters. The Kier molecular flexibility index (Phi) is 3.28. The number of sulfone groups is 1. The summed E-state index contributed by atoms with van der Waals surface area (Å²) in [7, 11) is -3.04. The number of fused-ring (bicyclic) bond motifs is 1. The lowest BCUT2D eigenvalue weighted by Gasteiger charge is -2.26. The average molecular weight is 307 g/mol. The van der Waals surface area contributed by atoms with Crippen molar-refractivity contribution in [3.05, 3.63) is 35.4 Å². The molecule has 112 valence electrons. The highest BCUT2D eigenvalue weighted by molar-refractivity contribution is 7.91. The van der Waals surface area contributed by atoms with Crippen molar-refractivity contribution in [1.29, 1.82) is 0 Å². The Morgan fingerprint density at radius 3 is 2.81 bits per heavy atom. The van der Waals surface area contributed by atoms with Crippen molar-refractivity contribution in [1.82, 2.24) is 5.32 Å². The molecular weight excluding hydrogens is 290 g/mol. The van der Waals surface area contributed by atoms with Gasteiger partial charge in [-0.2, -0.15) is 0 Å². The second-order valence-electron chi connectivity index (χ2n) is 5.85. The molecule has 1 aromatic rings. The third-order valence-electron chi connectivity index (χ3n) is 3.84. The van der Waals surface area contributed by atoms with Gasteiger partial charge in [-0.15, -0.1) is 0 Å². The van der Waals surface area contributed by atoms with E-state index in [4.69, 9.17) is 4.74 Å². The lowest BCUT2D eigenvalue weighted by atomic mass is 10.0. The van der Waals surface area contributed by atoms with Crippen LogP contribution in [-0.4, -0.2) is 38.0 Å². The summed E-state index contributed by atoms with van der Waals surface area (Å²) < 4.78 is 28.7. The molecule has 3 rings (SSSR count). The minimum Gasteiger partial charge on any atom is -0.488 e. The quantitative estimate of drug-likeness (QED) is 0.890. The molecule has 0 radical (unpaired) electrons. The Morgan fingerprint density at radius 1 is 1.33 bits per heavy atom. The van der Waals surface area contributed by atoms with Gasteiger partial charge < -0.3 is 10.1 Å². The first-order valence-electron chi connectivity index (χ1n) is 6.82. The molecule has 1 aromatic carbocycles. The second-order valence-corrected chi connectivity index (χ2v) is 8.04. The van der Waals surface area contributed by atoms with Crippen LogP contribution in [0.2, 0.25) is 0 Å². The maximum atomic E-state index is 12.3. The molecule has 6 heteroatoms. The van der Waals surface area contributed by atoms with Crippen molar-refractivity contribution in [2.75, 3.05) is 18.1 Å². The first kappa shape index (κ1) is 14.1. The molecule has 5 nitrogen and oxygen atoms in total. The number of hydrogen-bond donors (Lipinski definition) is 1. The van der Waals surface area contributed by atoms with Gasteiger partial charge in [0.05, 0.1) is 22.6 Å². The van der Waals surface area contributed by atoms with Gasteiger partial charge in [-0.1, -0.05) is 18.2 Å². The van der Waals surface area contributed by atoms with Gasteiger partial charge in [0.15, 0.2) is 9.84 Å². The van der Waals surface area contributed by atoms with Crippen LogP contribution in [0.5, 0.6) is 5.75 Å². The van der Waals surface area contributed by atoms with Crippen molar-refractivity contribution in [2.24, 2.45) is 0 Å². The highest BCUT2D eigenvalue weighted by atomic mass is 32.2. The topological polar surface area (TPSA) is 72.5 Å². The van der Waals surface area contributed by atoms with Crippen LogP contribution < -0.4 is 10.1 Å². The molecule has 21 heavy (non-hydrogen) atoms. The van der Waals surface area contributed by atoms with Crippen molar-refractivity contribution < 1.29 is 17.9 Å². The normalized spacial score (nSPS) is 26.4. The van der Waals surface area contributed by atoms with Crippen LogP contribution in [0.25, 0.3) is 6.08 Å². The van der Waals surface area contributed by atoms with Gasteiger partial charge >= 0.3 is 0 Å². The number of nitrogens with one attached hydrogen (secondary N) is 1. The molecule has 1 amide bonds. The van der Waals surface area contributed by atoms with Gasteiger partial charge in [0.1, 0.15) is 12.4 Å². The first-order valence-corrected chi connectivity index (χ1v) is 8.64. The van der Waals surface area contributed by atoms with E-state index in [1.165, 1.54) is 0 Å². The van der Waals surface area contributed by atoms with Gasteiger partial charge in [0, 0.05) is 5.56 Å². The minimum atomic E-state index is -3.04. The predicted molar refractivity (Wildman–Crippen MR) is 79.7 cm³/mol. The zero-order valence-electron chi connectivity index (χ0n) is 11.8. The Balaban J connectivity index is 1.77. The van der Waals surface area contributed by atoms with Gasteiger partial charge in [-0.25, -0.2) is 8.42 Å². The summed E-state index contributed by atoms with van der Waals surface area (Å²) in [5.41, 5.74) is 0.686. The van der Waals surface area contributed by atoms with E-state index in [0.717, 1.165) is 11.3 Å². The van der Waals surface area contributed by atoms with E-state index >= 15 is 0 Å². The average Bonchev–Trinajstić information content (AvgIpc) is 2.71. The van der Waals surface area contributed by atoms with E-state index in [2.05, 4.69) is 5.32 Å². The fraction of sp³-hybridized carbons (Fsp3) is 0.400. The molecule has 0 aliphatic carbocycles. The number of hydrogen-bond acceptors (Lipinski definition) is 4. The fourth-order valence-corrected chi connectivity index (χ4v) is 4.80. The first-order chi connectivity index (χ1) is 9.87. The second kappa shape index (κ2) is 4.87. The summed E-state index contributed by atoms with van der Waals surface area (Å²) in [6.07, 6.45) is 2.24. The number of amides is 1. The molecule has 0 spiro atoms. The number of carbonyl (C=O) groups is 1. The van der Waals surface area contributed by atoms with Gasteiger partial charge in [-0.3, -0.25) is 4.79 Å². The fourth-order valence-electron chi connectivity index (χ4n) is 2.71. The lowest BCUT2D eigenvalue weighted by molar-refractivity contribution is -0.119. The van der Waals surface area contributed by atoms with Crippen molar-refractivity contribution in [3.63, 3.8) is 0 Å². The van der Waals surface area contributed by atoms with Gasteiger partial charge in [-0.05, 0) is 25.5 Å². The van der Waals surface area contributed by atoms with Crippen LogP contribution >= 0.6 is 0 Å². The summed E-state index contributed by atoms with van der Waals surface area (Å²) in [6.45, 7) is 1.97. The summed E-state index contributed by atoms with van der Waals surface area (Å²) in [5, 5.41) is 2.85. The molecule has 1 N–H and O–H groups in total. The molecule has 1 fully saturated rings. The SMILES string of the molecule is C[C@]1(NC(=O)C2=Cc3ccccc3OC2)CCS(=O)(=O)C1. The molecule has 2 aliphatic rings. The highest BCUT2D eigenvalue weighted by Crippen LogP contribution is 2.27. The number of benzene rings is 1. The van der Waals surface area contributed by atoms with E-state index in [1.807, 2.05) is 24.3 Å². The zero-order chi connectivity index (χ0) is 15.1. The van der Waals surface area contributed by atoms with Gasteiger partial charge in [0.2, 0.25) is 0 Å². The third kappa shape index (κ3) is 2.95. The largest absolute Gasteiger partial charge is 0.488 e. The Bertz CT molecular complexity index is 723. The monoisotopic (exact) mass is 307 g/mol. The summed E-state index contributed by atoms with van der Waals surface area (Å²) in [4.78, 5) is 12.3. The number of carbonyl (C=O) groups excluding carboxylic acids is 1. The van der Waals surface area contributed by atoms with Crippen molar-refractivity contribution in [2.45, 2.75) is 18.9 Å². The molecule has 0 aromatic heterocycles. The maximum absolute atomic E-state index is 12.3. The van der Waals surface area contributed by atoms with Crippen LogP contribution in [0.15, 0.2) is 29.8 Å². The Hall–Kier alpha value is -1.82.